The number of likely N-dealkylation sites (N-methyl/N-ethyl adjacent to an activating group) is 1. The first-order valence-electron chi connectivity index (χ1n) is 8.58. The highest BCUT2D eigenvalue weighted by Gasteiger charge is 2.20. The summed E-state index contributed by atoms with van der Waals surface area (Å²) in [5.41, 5.74) is 1.26. The Hall–Kier alpha value is -1.33. The first-order chi connectivity index (χ1) is 11.1. The van der Waals surface area contributed by atoms with Crippen LogP contribution in [0, 0.1) is 0 Å². The van der Waals surface area contributed by atoms with Gasteiger partial charge in [0.25, 0.3) is 0 Å². The van der Waals surface area contributed by atoms with E-state index in [1.165, 1.54) is 42.6 Å². The normalized spacial score (nSPS) is 16.9. The second-order valence-electron chi connectivity index (χ2n) is 6.60. The van der Waals surface area contributed by atoms with Gasteiger partial charge in [-0.1, -0.05) is 31.4 Å². The Kier molecular flexibility index (Phi) is 7.12. The monoisotopic (exact) mass is 336 g/mol. The molecule has 0 unspecified atom stereocenters. The lowest BCUT2D eigenvalue weighted by atomic mass is 9.96. The van der Waals surface area contributed by atoms with Gasteiger partial charge in [-0.15, -0.1) is 0 Å². The number of rotatable bonds is 6. The summed E-state index contributed by atoms with van der Waals surface area (Å²) in [6, 6.07) is 9.16. The summed E-state index contributed by atoms with van der Waals surface area (Å²) < 4.78 is 5.34. The Morgan fingerprint density at radius 1 is 1.30 bits per heavy atom. The predicted octanol–water partition coefficient (Wildman–Crippen LogP) is 1.68. The van der Waals surface area contributed by atoms with Crippen LogP contribution in [0.1, 0.15) is 43.7 Å². The van der Waals surface area contributed by atoms with Gasteiger partial charge in [0, 0.05) is 11.6 Å². The molecule has 1 aliphatic carbocycles. The lowest BCUT2D eigenvalue weighted by Gasteiger charge is -2.26. The molecule has 3 N–H and O–H groups in total. The number of quaternary nitrogens is 1. The molecule has 0 spiro atoms. The van der Waals surface area contributed by atoms with Gasteiger partial charge in [-0.2, -0.15) is 0 Å². The topological polar surface area (TPSA) is 37.7 Å². The SMILES string of the molecule is COc1cccc([C@@H](CNC(=S)NC2CCCCC2)[NH+](C)C)c1. The maximum atomic E-state index is 5.48. The van der Waals surface area contributed by atoms with Crippen molar-refractivity contribution in [3.8, 4) is 5.75 Å². The van der Waals surface area contributed by atoms with Gasteiger partial charge in [-0.25, -0.2) is 0 Å². The largest absolute Gasteiger partial charge is 0.497 e. The van der Waals surface area contributed by atoms with E-state index in [1.54, 1.807) is 7.11 Å². The Bertz CT molecular complexity index is 501. The van der Waals surface area contributed by atoms with Gasteiger partial charge in [0.2, 0.25) is 0 Å². The van der Waals surface area contributed by atoms with Crippen molar-refractivity contribution < 1.29 is 9.64 Å². The summed E-state index contributed by atoms with van der Waals surface area (Å²) in [5, 5.41) is 7.66. The number of thiocarbonyl (C=S) groups is 1. The lowest BCUT2D eigenvalue weighted by molar-refractivity contribution is -0.890. The fraction of sp³-hybridized carbons (Fsp3) is 0.611. The van der Waals surface area contributed by atoms with E-state index < -0.39 is 0 Å². The number of ether oxygens (including phenoxy) is 1. The third kappa shape index (κ3) is 5.66. The van der Waals surface area contributed by atoms with Crippen molar-refractivity contribution in [2.75, 3.05) is 27.7 Å². The highest BCUT2D eigenvalue weighted by Crippen LogP contribution is 2.18. The van der Waals surface area contributed by atoms with Crippen molar-refractivity contribution >= 4 is 17.3 Å². The number of hydrogen-bond donors (Lipinski definition) is 3. The van der Waals surface area contributed by atoms with E-state index in [9.17, 15) is 0 Å². The third-order valence-electron chi connectivity index (χ3n) is 4.60. The molecular formula is C18H30N3OS+. The fourth-order valence-corrected chi connectivity index (χ4v) is 3.44. The molecule has 2 rings (SSSR count). The van der Waals surface area contributed by atoms with Crippen molar-refractivity contribution in [1.82, 2.24) is 10.6 Å². The van der Waals surface area contributed by atoms with Crippen molar-refractivity contribution in [3.05, 3.63) is 29.8 Å². The second kappa shape index (κ2) is 9.08. The van der Waals surface area contributed by atoms with Gasteiger partial charge >= 0.3 is 0 Å². The van der Waals surface area contributed by atoms with Crippen LogP contribution >= 0.6 is 12.2 Å². The Balaban J connectivity index is 1.90. The summed E-state index contributed by atoms with van der Waals surface area (Å²) in [6.45, 7) is 0.814. The van der Waals surface area contributed by atoms with Crippen molar-refractivity contribution in [1.29, 1.82) is 0 Å². The van der Waals surface area contributed by atoms with E-state index in [0.717, 1.165) is 17.4 Å². The van der Waals surface area contributed by atoms with Crippen LogP contribution in [0.3, 0.4) is 0 Å². The average molecular weight is 337 g/mol. The van der Waals surface area contributed by atoms with Gasteiger partial charge in [0.05, 0.1) is 27.7 Å². The maximum absolute atomic E-state index is 5.48. The number of nitrogens with one attached hydrogen (secondary N) is 3. The molecule has 1 atom stereocenters. The smallest absolute Gasteiger partial charge is 0.166 e. The zero-order valence-electron chi connectivity index (χ0n) is 14.5. The van der Waals surface area contributed by atoms with Crippen LogP contribution < -0.4 is 20.3 Å². The van der Waals surface area contributed by atoms with Crippen LogP contribution in [-0.4, -0.2) is 38.9 Å². The Morgan fingerprint density at radius 2 is 2.04 bits per heavy atom. The molecule has 4 nitrogen and oxygen atoms in total. The molecule has 0 saturated heterocycles. The minimum absolute atomic E-state index is 0.330. The van der Waals surface area contributed by atoms with Gasteiger partial charge < -0.3 is 20.3 Å². The molecular weight excluding hydrogens is 306 g/mol. The van der Waals surface area contributed by atoms with E-state index >= 15 is 0 Å². The first-order valence-corrected chi connectivity index (χ1v) is 8.99. The highest BCUT2D eigenvalue weighted by molar-refractivity contribution is 7.80. The van der Waals surface area contributed by atoms with Crippen LogP contribution in [0.2, 0.25) is 0 Å². The van der Waals surface area contributed by atoms with Crippen LogP contribution in [0.25, 0.3) is 0 Å². The summed E-state index contributed by atoms with van der Waals surface area (Å²) in [6.07, 6.45) is 6.46. The second-order valence-corrected chi connectivity index (χ2v) is 7.00. The number of hydrogen-bond acceptors (Lipinski definition) is 2. The third-order valence-corrected chi connectivity index (χ3v) is 4.86. The van der Waals surface area contributed by atoms with E-state index in [0.29, 0.717) is 12.1 Å². The summed E-state index contributed by atoms with van der Waals surface area (Å²) in [4.78, 5) is 1.37. The molecule has 0 bridgehead atoms. The van der Waals surface area contributed by atoms with Gasteiger partial charge in [-0.3, -0.25) is 0 Å². The zero-order chi connectivity index (χ0) is 16.7. The van der Waals surface area contributed by atoms with Gasteiger partial charge in [-0.05, 0) is 37.2 Å². The minimum Gasteiger partial charge on any atom is -0.497 e. The molecule has 1 fully saturated rings. The molecule has 0 aromatic heterocycles. The van der Waals surface area contributed by atoms with Crippen LogP contribution in [0.5, 0.6) is 5.75 Å². The molecule has 0 heterocycles. The quantitative estimate of drug-likeness (QED) is 0.691. The molecule has 0 radical (unpaired) electrons. The van der Waals surface area contributed by atoms with Crippen LogP contribution in [-0.2, 0) is 0 Å². The maximum Gasteiger partial charge on any atom is 0.166 e. The van der Waals surface area contributed by atoms with E-state index in [4.69, 9.17) is 17.0 Å². The Morgan fingerprint density at radius 3 is 2.70 bits per heavy atom. The summed E-state index contributed by atoms with van der Waals surface area (Å²) in [5.74, 6) is 0.900. The molecule has 0 amide bonds. The number of methoxy groups -OCH3 is 1. The Labute approximate surface area is 145 Å². The van der Waals surface area contributed by atoms with Crippen molar-refractivity contribution in [3.63, 3.8) is 0 Å². The molecule has 1 aliphatic rings. The molecule has 128 valence electrons. The van der Waals surface area contributed by atoms with Crippen molar-refractivity contribution in [2.45, 2.75) is 44.2 Å². The molecule has 5 heteroatoms. The zero-order valence-corrected chi connectivity index (χ0v) is 15.3. The summed E-state index contributed by atoms with van der Waals surface area (Å²) in [7, 11) is 6.05. The highest BCUT2D eigenvalue weighted by atomic mass is 32.1. The van der Waals surface area contributed by atoms with Crippen molar-refractivity contribution in [2.24, 2.45) is 0 Å². The van der Waals surface area contributed by atoms with Crippen LogP contribution in [0.4, 0.5) is 0 Å². The molecule has 0 aliphatic heterocycles. The predicted molar refractivity (Wildman–Crippen MR) is 99.2 cm³/mol. The first kappa shape index (κ1) is 18.0. The minimum atomic E-state index is 0.330. The summed E-state index contributed by atoms with van der Waals surface area (Å²) >= 11 is 5.48. The van der Waals surface area contributed by atoms with E-state index in [-0.39, 0.29) is 0 Å². The molecule has 1 aromatic rings. The standard InChI is InChI=1S/C18H29N3OS/c1-21(2)17(14-8-7-11-16(12-14)22-3)13-19-18(23)20-15-9-5-4-6-10-15/h7-8,11-12,15,17H,4-6,9-10,13H2,1-3H3,(H2,19,20,23)/p+1/t17-/m1/s1. The van der Waals surface area contributed by atoms with Gasteiger partial charge in [0.15, 0.2) is 5.11 Å². The molecule has 23 heavy (non-hydrogen) atoms. The van der Waals surface area contributed by atoms with Crippen LogP contribution in [0.15, 0.2) is 24.3 Å². The van der Waals surface area contributed by atoms with E-state index in [1.807, 2.05) is 12.1 Å². The fourth-order valence-electron chi connectivity index (χ4n) is 3.19. The molecule has 1 saturated carbocycles. The average Bonchev–Trinajstić information content (AvgIpc) is 2.56. The van der Waals surface area contributed by atoms with Gasteiger partial charge in [0.1, 0.15) is 11.8 Å². The lowest BCUT2D eigenvalue weighted by Crippen LogP contribution is -3.07. The molecule has 1 aromatic carbocycles. The number of benzene rings is 1. The van der Waals surface area contributed by atoms with E-state index in [2.05, 4.69) is 36.9 Å².